The number of aromatic carboxylic acids is 1. The fourth-order valence-electron chi connectivity index (χ4n) is 1.87. The van der Waals surface area contributed by atoms with Crippen molar-refractivity contribution < 1.29 is 9.90 Å². The fraction of sp³-hybridized carbons (Fsp3) is 0.143. The SMILES string of the molecule is CN(Cc1ccccc1Cl)c1ncc(C(=O)O)cc1N. The summed E-state index contributed by atoms with van der Waals surface area (Å²) in [6, 6.07) is 8.89. The number of hydrogen-bond donors (Lipinski definition) is 2. The fourth-order valence-corrected chi connectivity index (χ4v) is 2.06. The molecule has 20 heavy (non-hydrogen) atoms. The summed E-state index contributed by atoms with van der Waals surface area (Å²) in [7, 11) is 1.82. The van der Waals surface area contributed by atoms with Crippen molar-refractivity contribution in [2.75, 3.05) is 17.7 Å². The van der Waals surface area contributed by atoms with Gasteiger partial charge in [-0.25, -0.2) is 9.78 Å². The lowest BCUT2D eigenvalue weighted by atomic mass is 10.2. The molecule has 104 valence electrons. The van der Waals surface area contributed by atoms with E-state index in [0.717, 1.165) is 5.56 Å². The summed E-state index contributed by atoms with van der Waals surface area (Å²) in [6.07, 6.45) is 1.29. The zero-order valence-electron chi connectivity index (χ0n) is 10.9. The van der Waals surface area contributed by atoms with Gasteiger partial charge in [0, 0.05) is 24.8 Å². The number of aromatic nitrogens is 1. The lowest BCUT2D eigenvalue weighted by molar-refractivity contribution is 0.0696. The number of carboxylic acids is 1. The van der Waals surface area contributed by atoms with Crippen LogP contribution >= 0.6 is 11.6 Å². The van der Waals surface area contributed by atoms with Gasteiger partial charge in [-0.15, -0.1) is 0 Å². The maximum absolute atomic E-state index is 10.8. The molecular weight excluding hydrogens is 278 g/mol. The minimum atomic E-state index is -1.05. The lowest BCUT2D eigenvalue weighted by Crippen LogP contribution is -2.19. The van der Waals surface area contributed by atoms with Crippen molar-refractivity contribution in [2.45, 2.75) is 6.54 Å². The highest BCUT2D eigenvalue weighted by molar-refractivity contribution is 6.31. The summed E-state index contributed by atoms with van der Waals surface area (Å²) < 4.78 is 0. The molecule has 6 heteroatoms. The molecule has 1 aromatic carbocycles. The largest absolute Gasteiger partial charge is 0.478 e. The van der Waals surface area contributed by atoms with Crippen LogP contribution in [0.1, 0.15) is 15.9 Å². The van der Waals surface area contributed by atoms with Gasteiger partial charge in [0.15, 0.2) is 5.82 Å². The molecule has 0 fully saturated rings. The molecule has 3 N–H and O–H groups in total. The van der Waals surface area contributed by atoms with E-state index in [9.17, 15) is 4.79 Å². The Morgan fingerprint density at radius 1 is 1.45 bits per heavy atom. The predicted molar refractivity (Wildman–Crippen MR) is 79.2 cm³/mol. The summed E-state index contributed by atoms with van der Waals surface area (Å²) in [5.41, 5.74) is 7.18. The molecule has 2 aromatic rings. The van der Waals surface area contributed by atoms with Crippen LogP contribution in [0.3, 0.4) is 0 Å². The number of anilines is 2. The molecular formula is C14H14ClN3O2. The van der Waals surface area contributed by atoms with Crippen molar-refractivity contribution >= 4 is 29.1 Å². The van der Waals surface area contributed by atoms with Gasteiger partial charge in [-0.2, -0.15) is 0 Å². The summed E-state index contributed by atoms with van der Waals surface area (Å²) >= 11 is 6.11. The van der Waals surface area contributed by atoms with Crippen molar-refractivity contribution in [3.8, 4) is 0 Å². The Bertz CT molecular complexity index is 646. The first-order chi connectivity index (χ1) is 9.49. The normalized spacial score (nSPS) is 10.3. The highest BCUT2D eigenvalue weighted by Gasteiger charge is 2.12. The van der Waals surface area contributed by atoms with Crippen molar-refractivity contribution in [2.24, 2.45) is 0 Å². The third kappa shape index (κ3) is 3.00. The van der Waals surface area contributed by atoms with Gasteiger partial charge in [-0.3, -0.25) is 0 Å². The summed E-state index contributed by atoms with van der Waals surface area (Å²) in [4.78, 5) is 16.8. The van der Waals surface area contributed by atoms with Crippen LogP contribution in [0.2, 0.25) is 5.02 Å². The summed E-state index contributed by atoms with van der Waals surface area (Å²) in [5.74, 6) is -0.528. The highest BCUT2D eigenvalue weighted by atomic mass is 35.5. The van der Waals surface area contributed by atoms with Gasteiger partial charge in [0.2, 0.25) is 0 Å². The van der Waals surface area contributed by atoms with Crippen LogP contribution in [0.25, 0.3) is 0 Å². The molecule has 0 aliphatic heterocycles. The predicted octanol–water partition coefficient (Wildman–Crippen LogP) is 2.65. The molecule has 0 radical (unpaired) electrons. The van der Waals surface area contributed by atoms with E-state index in [1.807, 2.05) is 36.2 Å². The first kappa shape index (κ1) is 14.1. The zero-order valence-corrected chi connectivity index (χ0v) is 11.6. The lowest BCUT2D eigenvalue weighted by Gasteiger charge is -2.20. The molecule has 1 aromatic heterocycles. The van der Waals surface area contributed by atoms with Crippen molar-refractivity contribution in [3.63, 3.8) is 0 Å². The van der Waals surface area contributed by atoms with Crippen LogP contribution in [-0.4, -0.2) is 23.1 Å². The zero-order chi connectivity index (χ0) is 14.7. The van der Waals surface area contributed by atoms with Crippen molar-refractivity contribution in [1.82, 2.24) is 4.98 Å². The van der Waals surface area contributed by atoms with E-state index in [-0.39, 0.29) is 5.56 Å². The Kier molecular flexibility index (Phi) is 4.10. The third-order valence-electron chi connectivity index (χ3n) is 2.87. The first-order valence-corrected chi connectivity index (χ1v) is 6.30. The molecule has 5 nitrogen and oxygen atoms in total. The number of nitrogen functional groups attached to an aromatic ring is 1. The van der Waals surface area contributed by atoms with Crippen LogP contribution in [0.15, 0.2) is 36.5 Å². The number of nitrogens with zero attached hydrogens (tertiary/aromatic N) is 2. The summed E-state index contributed by atoms with van der Waals surface area (Å²) in [5, 5.41) is 9.55. The van der Waals surface area contributed by atoms with Crippen LogP contribution < -0.4 is 10.6 Å². The molecule has 0 saturated heterocycles. The summed E-state index contributed by atoms with van der Waals surface area (Å²) in [6.45, 7) is 0.531. The Morgan fingerprint density at radius 3 is 2.75 bits per heavy atom. The number of carboxylic acid groups (broad SMARTS) is 1. The Balaban J connectivity index is 2.23. The van der Waals surface area contributed by atoms with E-state index in [1.54, 1.807) is 0 Å². The highest BCUT2D eigenvalue weighted by Crippen LogP contribution is 2.24. The maximum Gasteiger partial charge on any atom is 0.337 e. The third-order valence-corrected chi connectivity index (χ3v) is 3.24. The van der Waals surface area contributed by atoms with Crippen LogP contribution in [0.5, 0.6) is 0 Å². The number of benzene rings is 1. The molecule has 1 heterocycles. The Morgan fingerprint density at radius 2 is 2.15 bits per heavy atom. The van der Waals surface area contributed by atoms with Gasteiger partial charge in [0.05, 0.1) is 11.3 Å². The molecule has 2 rings (SSSR count). The van der Waals surface area contributed by atoms with Gasteiger partial charge in [-0.1, -0.05) is 29.8 Å². The number of halogens is 1. The average molecular weight is 292 g/mol. The second kappa shape index (κ2) is 5.79. The van der Waals surface area contributed by atoms with Gasteiger partial charge in [-0.05, 0) is 17.7 Å². The average Bonchev–Trinajstić information content (AvgIpc) is 2.41. The van der Waals surface area contributed by atoms with Crippen molar-refractivity contribution in [1.29, 1.82) is 0 Å². The minimum Gasteiger partial charge on any atom is -0.478 e. The molecule has 0 aliphatic rings. The van der Waals surface area contributed by atoms with Gasteiger partial charge < -0.3 is 15.7 Å². The number of pyridine rings is 1. The van der Waals surface area contributed by atoms with Gasteiger partial charge >= 0.3 is 5.97 Å². The van der Waals surface area contributed by atoms with E-state index in [2.05, 4.69) is 4.98 Å². The quantitative estimate of drug-likeness (QED) is 0.905. The maximum atomic E-state index is 10.8. The molecule has 0 amide bonds. The molecule has 0 bridgehead atoms. The Labute approximate surface area is 121 Å². The Hall–Kier alpha value is -2.27. The molecule has 0 atom stereocenters. The van der Waals surface area contributed by atoms with Gasteiger partial charge in [0.25, 0.3) is 0 Å². The van der Waals surface area contributed by atoms with E-state index < -0.39 is 5.97 Å². The first-order valence-electron chi connectivity index (χ1n) is 5.92. The number of carbonyl (C=O) groups is 1. The van der Waals surface area contributed by atoms with Crippen LogP contribution in [-0.2, 0) is 6.54 Å². The van der Waals surface area contributed by atoms with Gasteiger partial charge in [0.1, 0.15) is 0 Å². The second-order valence-corrected chi connectivity index (χ2v) is 4.80. The molecule has 0 aliphatic carbocycles. The van der Waals surface area contributed by atoms with E-state index in [4.69, 9.17) is 22.4 Å². The number of nitrogens with two attached hydrogens (primary N) is 1. The standard InChI is InChI=1S/C14H14ClN3O2/c1-18(8-9-4-2-3-5-11(9)15)13-12(16)6-10(7-17-13)14(19)20/h2-7H,8,16H2,1H3,(H,19,20). The minimum absolute atomic E-state index is 0.0670. The van der Waals surface area contributed by atoms with E-state index >= 15 is 0 Å². The molecule has 0 saturated carbocycles. The topological polar surface area (TPSA) is 79.5 Å². The van der Waals surface area contributed by atoms with Crippen LogP contribution in [0, 0.1) is 0 Å². The number of rotatable bonds is 4. The monoisotopic (exact) mass is 291 g/mol. The number of hydrogen-bond acceptors (Lipinski definition) is 4. The van der Waals surface area contributed by atoms with Crippen LogP contribution in [0.4, 0.5) is 11.5 Å². The molecule has 0 unspecified atom stereocenters. The molecule has 0 spiro atoms. The van der Waals surface area contributed by atoms with E-state index in [1.165, 1.54) is 12.3 Å². The van der Waals surface area contributed by atoms with Crippen molar-refractivity contribution in [3.05, 3.63) is 52.7 Å². The smallest absolute Gasteiger partial charge is 0.337 e. The second-order valence-electron chi connectivity index (χ2n) is 4.39. The van der Waals surface area contributed by atoms with E-state index in [0.29, 0.717) is 23.1 Å².